The molecule has 0 fully saturated rings. The van der Waals surface area contributed by atoms with Crippen LogP contribution in [0, 0.1) is 34.5 Å². The second-order valence-corrected chi connectivity index (χ2v) is 3.77. The number of benzene rings is 1. The monoisotopic (exact) mass is 281 g/mol. The first-order valence-electron chi connectivity index (χ1n) is 5.40. The second kappa shape index (κ2) is 5.85. The van der Waals surface area contributed by atoms with E-state index >= 15 is 0 Å². The molecule has 0 unspecified atom stereocenters. The minimum Gasteiger partial charge on any atom is -0.388 e. The highest BCUT2D eigenvalue weighted by atomic mass is 19.2. The van der Waals surface area contributed by atoms with Crippen LogP contribution < -0.4 is 10.6 Å². The molecule has 0 aliphatic rings. The molecule has 0 saturated carbocycles. The van der Waals surface area contributed by atoms with Crippen molar-refractivity contribution in [3.8, 4) is 0 Å². The molecule has 3 N–H and O–H groups in total. The van der Waals surface area contributed by atoms with E-state index in [9.17, 15) is 22.0 Å². The van der Waals surface area contributed by atoms with E-state index < -0.39 is 34.8 Å². The van der Waals surface area contributed by atoms with Gasteiger partial charge < -0.3 is 10.6 Å². The number of amidine groups is 1. The molecule has 8 heteroatoms. The fourth-order valence-corrected chi connectivity index (χ4v) is 1.55. The molecule has 0 amide bonds. The average molecular weight is 281 g/mol. The first-order valence-corrected chi connectivity index (χ1v) is 5.40. The lowest BCUT2D eigenvalue weighted by Crippen LogP contribution is -2.30. The molecule has 0 spiro atoms. The molecular weight excluding hydrogens is 269 g/mol. The minimum absolute atomic E-state index is 0.00559. The van der Waals surface area contributed by atoms with Crippen LogP contribution in [0.25, 0.3) is 0 Å². The quantitative estimate of drug-likeness (QED) is 0.286. The predicted octanol–water partition coefficient (Wildman–Crippen LogP) is 2.53. The molecule has 0 bridgehead atoms. The molecule has 0 heterocycles. The second-order valence-electron chi connectivity index (χ2n) is 3.77. The lowest BCUT2D eigenvalue weighted by Gasteiger charge is -2.24. The van der Waals surface area contributed by atoms with Crippen molar-refractivity contribution < 1.29 is 22.0 Å². The van der Waals surface area contributed by atoms with Crippen LogP contribution in [-0.4, -0.2) is 18.9 Å². The summed E-state index contributed by atoms with van der Waals surface area (Å²) in [4.78, 5) is 0.942. The molecule has 0 saturated heterocycles. The van der Waals surface area contributed by atoms with Crippen LogP contribution in [0.1, 0.15) is 13.3 Å². The molecule has 0 radical (unpaired) electrons. The van der Waals surface area contributed by atoms with Crippen molar-refractivity contribution in [2.24, 2.45) is 5.73 Å². The normalized spacial score (nSPS) is 10.6. The van der Waals surface area contributed by atoms with Gasteiger partial charge in [0.25, 0.3) is 0 Å². The van der Waals surface area contributed by atoms with Crippen molar-refractivity contribution >= 4 is 11.5 Å². The summed E-state index contributed by atoms with van der Waals surface area (Å²) in [6.07, 6.45) is -0.0483. The van der Waals surface area contributed by atoms with E-state index in [2.05, 4.69) is 0 Å². The summed E-state index contributed by atoms with van der Waals surface area (Å²) in [5.74, 6) is -10.2. The highest BCUT2D eigenvalue weighted by molar-refractivity contribution is 5.77. The van der Waals surface area contributed by atoms with Gasteiger partial charge in [-0.3, -0.25) is 5.41 Å². The van der Waals surface area contributed by atoms with Gasteiger partial charge in [0.15, 0.2) is 23.3 Å². The van der Waals surface area contributed by atoms with E-state index in [4.69, 9.17) is 11.1 Å². The topological polar surface area (TPSA) is 53.1 Å². The minimum atomic E-state index is -2.19. The van der Waals surface area contributed by atoms with E-state index in [1.54, 1.807) is 0 Å². The van der Waals surface area contributed by atoms with Crippen LogP contribution in [0.5, 0.6) is 0 Å². The van der Waals surface area contributed by atoms with Crippen LogP contribution in [0.4, 0.5) is 27.6 Å². The summed E-state index contributed by atoms with van der Waals surface area (Å²) in [7, 11) is 0. The SMILES string of the molecule is CCN(CCC(=N)N)c1c(F)c(F)c(F)c(F)c1F. The lowest BCUT2D eigenvalue weighted by molar-refractivity contribution is 0.378. The van der Waals surface area contributed by atoms with Gasteiger partial charge in [-0.05, 0) is 6.92 Å². The molecule has 3 nitrogen and oxygen atoms in total. The summed E-state index contributed by atoms with van der Waals surface area (Å²) in [5, 5.41) is 7.01. The van der Waals surface area contributed by atoms with E-state index in [0.717, 1.165) is 4.90 Å². The summed E-state index contributed by atoms with van der Waals surface area (Å²) in [6.45, 7) is 1.37. The molecule has 0 aliphatic carbocycles. The Morgan fingerprint density at radius 1 is 1.00 bits per heavy atom. The van der Waals surface area contributed by atoms with Crippen molar-refractivity contribution in [2.45, 2.75) is 13.3 Å². The van der Waals surface area contributed by atoms with Gasteiger partial charge in [-0.25, -0.2) is 22.0 Å². The highest BCUT2D eigenvalue weighted by Crippen LogP contribution is 2.30. The summed E-state index contributed by atoms with van der Waals surface area (Å²) >= 11 is 0. The van der Waals surface area contributed by atoms with Crippen molar-refractivity contribution in [2.75, 3.05) is 18.0 Å². The van der Waals surface area contributed by atoms with Crippen LogP contribution in [-0.2, 0) is 0 Å². The molecule has 19 heavy (non-hydrogen) atoms. The van der Waals surface area contributed by atoms with E-state index in [-0.39, 0.29) is 25.3 Å². The Morgan fingerprint density at radius 2 is 1.42 bits per heavy atom. The Balaban J connectivity index is 3.27. The number of rotatable bonds is 5. The number of nitrogens with one attached hydrogen (secondary N) is 1. The van der Waals surface area contributed by atoms with Crippen LogP contribution in [0.2, 0.25) is 0 Å². The zero-order valence-corrected chi connectivity index (χ0v) is 10.0. The Bertz CT molecular complexity index is 475. The highest BCUT2D eigenvalue weighted by Gasteiger charge is 2.28. The summed E-state index contributed by atoms with van der Waals surface area (Å²) in [5.41, 5.74) is 4.09. The maximum Gasteiger partial charge on any atom is 0.200 e. The van der Waals surface area contributed by atoms with E-state index in [1.165, 1.54) is 6.92 Å². The zero-order valence-electron chi connectivity index (χ0n) is 10.0. The largest absolute Gasteiger partial charge is 0.388 e. The van der Waals surface area contributed by atoms with Gasteiger partial charge in [-0.2, -0.15) is 0 Å². The third-order valence-electron chi connectivity index (χ3n) is 2.54. The first-order chi connectivity index (χ1) is 8.81. The van der Waals surface area contributed by atoms with Crippen molar-refractivity contribution in [3.63, 3.8) is 0 Å². The van der Waals surface area contributed by atoms with E-state index in [1.807, 2.05) is 0 Å². The van der Waals surface area contributed by atoms with Gasteiger partial charge in [0.05, 0.1) is 5.84 Å². The molecular formula is C11H12F5N3. The van der Waals surface area contributed by atoms with Gasteiger partial charge >= 0.3 is 0 Å². The Hall–Kier alpha value is -1.86. The first kappa shape index (κ1) is 15.2. The smallest absolute Gasteiger partial charge is 0.200 e. The van der Waals surface area contributed by atoms with Crippen molar-refractivity contribution in [1.29, 1.82) is 5.41 Å². The zero-order chi connectivity index (χ0) is 14.7. The molecule has 1 aromatic carbocycles. The van der Waals surface area contributed by atoms with Gasteiger partial charge in [-0.15, -0.1) is 0 Å². The fraction of sp³-hybridized carbons (Fsp3) is 0.364. The Labute approximate surface area is 106 Å². The molecule has 0 aromatic heterocycles. The van der Waals surface area contributed by atoms with Crippen molar-refractivity contribution in [3.05, 3.63) is 29.1 Å². The molecule has 0 aliphatic heterocycles. The maximum absolute atomic E-state index is 13.5. The van der Waals surface area contributed by atoms with Gasteiger partial charge in [0, 0.05) is 19.5 Å². The van der Waals surface area contributed by atoms with E-state index in [0.29, 0.717) is 0 Å². The number of anilines is 1. The molecule has 1 aromatic rings. The summed E-state index contributed by atoms with van der Waals surface area (Å²) < 4.78 is 66.0. The fourth-order valence-electron chi connectivity index (χ4n) is 1.55. The van der Waals surface area contributed by atoms with Gasteiger partial charge in [0.1, 0.15) is 5.69 Å². The third kappa shape index (κ3) is 2.94. The number of hydrogen-bond acceptors (Lipinski definition) is 2. The third-order valence-corrected chi connectivity index (χ3v) is 2.54. The molecule has 1 rings (SSSR count). The van der Waals surface area contributed by atoms with Crippen LogP contribution in [0.15, 0.2) is 0 Å². The number of halogens is 5. The van der Waals surface area contributed by atoms with Crippen LogP contribution in [0.3, 0.4) is 0 Å². The standard InChI is InChI=1S/C11H12F5N3/c1-2-19(4-3-5(17)18)11-9(15)7(13)6(12)8(14)10(11)16/h2-4H2,1H3,(H3,17,18). The average Bonchev–Trinajstić information content (AvgIpc) is 2.37. The molecule has 0 atom stereocenters. The van der Waals surface area contributed by atoms with Crippen LogP contribution >= 0.6 is 0 Å². The lowest BCUT2D eigenvalue weighted by atomic mass is 10.2. The number of nitrogens with zero attached hydrogens (tertiary/aromatic N) is 1. The van der Waals surface area contributed by atoms with Crippen molar-refractivity contribution in [1.82, 2.24) is 0 Å². The number of nitrogens with two attached hydrogens (primary N) is 1. The Kier molecular flexibility index (Phi) is 4.68. The maximum atomic E-state index is 13.5. The summed E-state index contributed by atoms with van der Waals surface area (Å²) in [6, 6.07) is 0. The van der Waals surface area contributed by atoms with Gasteiger partial charge in [-0.1, -0.05) is 0 Å². The number of hydrogen-bond donors (Lipinski definition) is 2. The predicted molar refractivity (Wildman–Crippen MR) is 60.7 cm³/mol. The van der Waals surface area contributed by atoms with Gasteiger partial charge in [0.2, 0.25) is 5.82 Å². The Morgan fingerprint density at radius 3 is 1.79 bits per heavy atom. The molecule has 106 valence electrons.